The lowest BCUT2D eigenvalue weighted by Crippen LogP contribution is -2.49. The van der Waals surface area contributed by atoms with Crippen LogP contribution in [0, 0.1) is 11.8 Å². The van der Waals surface area contributed by atoms with Crippen molar-refractivity contribution in [2.75, 3.05) is 7.05 Å². The van der Waals surface area contributed by atoms with Gasteiger partial charge in [0.05, 0.1) is 5.02 Å². The van der Waals surface area contributed by atoms with E-state index in [0.29, 0.717) is 17.8 Å². The molecule has 0 spiro atoms. The largest absolute Gasteiger partial charge is 0.487 e. The molecule has 0 saturated carbocycles. The highest BCUT2D eigenvalue weighted by Gasteiger charge is 2.47. The monoisotopic (exact) mass is 495 g/mol. The first kappa shape index (κ1) is 23.3. The predicted octanol–water partition coefficient (Wildman–Crippen LogP) is 5.34. The molecule has 1 aromatic heterocycles. The Bertz CT molecular complexity index is 1410. The van der Waals surface area contributed by atoms with Gasteiger partial charge in [0.2, 0.25) is 11.9 Å². The number of amides is 1. The molecule has 0 fully saturated rings. The number of fused-ring (bicyclic) bond motifs is 1. The number of nitrogens with zero attached hydrogens (tertiary/aromatic N) is 2. The standard InChI is InChI=1S/C27H24ClF2N3O2/c1-26(2)13-15-10-16(5-7-22(15)35-26)27(9-8-23(31)33(3)25(27)34)17-4-6-21(29)19(11-17)20-12-18(28)14-32-24(20)30/h4-8,10-12,14H,9,13,31H2,1-3H3. The maximum absolute atomic E-state index is 15.0. The van der Waals surface area contributed by atoms with E-state index in [9.17, 15) is 13.6 Å². The van der Waals surface area contributed by atoms with E-state index in [-0.39, 0.29) is 34.1 Å². The van der Waals surface area contributed by atoms with E-state index in [1.54, 1.807) is 19.2 Å². The fraction of sp³-hybridized carbons (Fsp3) is 0.259. The molecule has 1 unspecified atom stereocenters. The van der Waals surface area contributed by atoms with Crippen molar-refractivity contribution in [3.05, 3.63) is 94.0 Å². The van der Waals surface area contributed by atoms with Crippen LogP contribution in [0.2, 0.25) is 5.02 Å². The third kappa shape index (κ3) is 3.74. The highest BCUT2D eigenvalue weighted by atomic mass is 35.5. The first-order valence-electron chi connectivity index (χ1n) is 11.2. The van der Waals surface area contributed by atoms with E-state index < -0.39 is 17.2 Å². The third-order valence-electron chi connectivity index (χ3n) is 6.79. The number of rotatable bonds is 3. The van der Waals surface area contributed by atoms with Gasteiger partial charge in [-0.25, -0.2) is 9.37 Å². The van der Waals surface area contributed by atoms with Crippen LogP contribution in [0.1, 0.15) is 37.0 Å². The van der Waals surface area contributed by atoms with Crippen LogP contribution in [0.15, 0.2) is 60.6 Å². The Morgan fingerprint density at radius 3 is 2.57 bits per heavy atom. The van der Waals surface area contributed by atoms with Gasteiger partial charge in [-0.3, -0.25) is 4.79 Å². The van der Waals surface area contributed by atoms with Crippen LogP contribution in [0.3, 0.4) is 0 Å². The highest BCUT2D eigenvalue weighted by Crippen LogP contribution is 2.45. The van der Waals surface area contributed by atoms with Gasteiger partial charge in [0.1, 0.15) is 28.4 Å². The lowest BCUT2D eigenvalue weighted by atomic mass is 9.68. The lowest BCUT2D eigenvalue weighted by molar-refractivity contribution is -0.133. The number of carbonyl (C=O) groups is 1. The molecular formula is C27H24ClF2N3O2. The quantitative estimate of drug-likeness (QED) is 0.498. The summed E-state index contributed by atoms with van der Waals surface area (Å²) >= 11 is 6.02. The summed E-state index contributed by atoms with van der Waals surface area (Å²) < 4.78 is 35.6. The molecule has 35 heavy (non-hydrogen) atoms. The summed E-state index contributed by atoms with van der Waals surface area (Å²) in [5.74, 6) is -0.663. The molecule has 2 aliphatic heterocycles. The number of halogens is 3. The molecular weight excluding hydrogens is 472 g/mol. The van der Waals surface area contributed by atoms with Gasteiger partial charge >= 0.3 is 0 Å². The van der Waals surface area contributed by atoms with Crippen molar-refractivity contribution in [3.8, 4) is 16.9 Å². The van der Waals surface area contributed by atoms with E-state index >= 15 is 0 Å². The van der Waals surface area contributed by atoms with Crippen LogP contribution in [0.5, 0.6) is 5.75 Å². The molecule has 8 heteroatoms. The van der Waals surface area contributed by atoms with Gasteiger partial charge < -0.3 is 15.4 Å². The molecule has 180 valence electrons. The first-order chi connectivity index (χ1) is 16.5. The summed E-state index contributed by atoms with van der Waals surface area (Å²) in [6.45, 7) is 4.01. The van der Waals surface area contributed by atoms with Crippen molar-refractivity contribution >= 4 is 17.5 Å². The molecule has 3 aromatic rings. The van der Waals surface area contributed by atoms with Gasteiger partial charge in [0, 0.05) is 30.8 Å². The Morgan fingerprint density at radius 2 is 1.80 bits per heavy atom. The van der Waals surface area contributed by atoms with Crippen molar-refractivity contribution in [2.45, 2.75) is 37.7 Å². The molecule has 0 radical (unpaired) electrons. The maximum atomic E-state index is 15.0. The molecule has 0 bridgehead atoms. The van der Waals surface area contributed by atoms with Crippen molar-refractivity contribution in [1.82, 2.24) is 9.88 Å². The third-order valence-corrected chi connectivity index (χ3v) is 6.99. The lowest BCUT2D eigenvalue weighted by Gasteiger charge is -2.40. The van der Waals surface area contributed by atoms with Crippen LogP contribution in [-0.2, 0) is 16.6 Å². The molecule has 1 amide bonds. The van der Waals surface area contributed by atoms with Gasteiger partial charge in [-0.2, -0.15) is 4.39 Å². The van der Waals surface area contributed by atoms with Crippen LogP contribution in [-0.4, -0.2) is 28.4 Å². The highest BCUT2D eigenvalue weighted by molar-refractivity contribution is 6.30. The smallest absolute Gasteiger partial charge is 0.243 e. The SMILES string of the molecule is CN1C(=O)C(c2ccc3c(c2)CC(C)(C)O3)(c2ccc(F)c(-c3cc(Cl)cnc3F)c2)CC=C1N. The second-order valence-electron chi connectivity index (χ2n) is 9.65. The van der Waals surface area contributed by atoms with Gasteiger partial charge in [0.15, 0.2) is 0 Å². The maximum Gasteiger partial charge on any atom is 0.243 e. The fourth-order valence-corrected chi connectivity index (χ4v) is 5.18. The van der Waals surface area contributed by atoms with E-state index in [1.807, 2.05) is 32.0 Å². The van der Waals surface area contributed by atoms with E-state index in [2.05, 4.69) is 4.98 Å². The molecule has 2 N–H and O–H groups in total. The zero-order valence-electron chi connectivity index (χ0n) is 19.5. The summed E-state index contributed by atoms with van der Waals surface area (Å²) in [5, 5.41) is 0.173. The molecule has 2 aromatic carbocycles. The second-order valence-corrected chi connectivity index (χ2v) is 10.1. The van der Waals surface area contributed by atoms with E-state index in [0.717, 1.165) is 23.1 Å². The Labute approximate surface area is 207 Å². The molecule has 0 aliphatic carbocycles. The average molecular weight is 496 g/mol. The molecule has 0 saturated heterocycles. The van der Waals surface area contributed by atoms with Crippen LogP contribution in [0.4, 0.5) is 8.78 Å². The number of aromatic nitrogens is 1. The van der Waals surface area contributed by atoms with Crippen molar-refractivity contribution < 1.29 is 18.3 Å². The van der Waals surface area contributed by atoms with Gasteiger partial charge in [-0.1, -0.05) is 29.8 Å². The number of benzene rings is 2. The Balaban J connectivity index is 1.74. The van der Waals surface area contributed by atoms with Gasteiger partial charge in [0.25, 0.3) is 0 Å². The average Bonchev–Trinajstić information content (AvgIpc) is 3.13. The molecule has 5 nitrogen and oxygen atoms in total. The zero-order chi connectivity index (χ0) is 25.1. The molecule has 3 heterocycles. The Kier molecular flexibility index (Phi) is 5.36. The summed E-state index contributed by atoms with van der Waals surface area (Å²) in [6, 6.07) is 11.3. The van der Waals surface area contributed by atoms with Crippen molar-refractivity contribution in [3.63, 3.8) is 0 Å². The topological polar surface area (TPSA) is 68.5 Å². The second kappa shape index (κ2) is 8.05. The van der Waals surface area contributed by atoms with E-state index in [4.69, 9.17) is 22.1 Å². The van der Waals surface area contributed by atoms with Crippen LogP contribution < -0.4 is 10.5 Å². The van der Waals surface area contributed by atoms with Gasteiger partial charge in [-0.05, 0) is 67.3 Å². The Morgan fingerprint density at radius 1 is 1.09 bits per heavy atom. The minimum absolute atomic E-state index is 0.0296. The number of likely N-dealkylation sites (N-methyl/N-ethyl adjacent to an activating group) is 1. The molecule has 2 aliphatic rings. The van der Waals surface area contributed by atoms with Crippen molar-refractivity contribution in [1.29, 1.82) is 0 Å². The first-order valence-corrected chi connectivity index (χ1v) is 11.6. The zero-order valence-corrected chi connectivity index (χ0v) is 20.3. The number of nitrogens with two attached hydrogens (primary N) is 1. The number of allylic oxidation sites excluding steroid dienone is 1. The minimum atomic E-state index is -1.20. The fourth-order valence-electron chi connectivity index (χ4n) is 5.02. The molecule has 1 atom stereocenters. The number of ether oxygens (including phenoxy) is 1. The number of pyridine rings is 1. The van der Waals surface area contributed by atoms with Crippen molar-refractivity contribution in [2.24, 2.45) is 5.73 Å². The van der Waals surface area contributed by atoms with Crippen LogP contribution >= 0.6 is 11.6 Å². The number of hydrogen-bond acceptors (Lipinski definition) is 4. The summed E-state index contributed by atoms with van der Waals surface area (Å²) in [4.78, 5) is 18.9. The summed E-state index contributed by atoms with van der Waals surface area (Å²) in [6.07, 6.45) is 3.87. The summed E-state index contributed by atoms with van der Waals surface area (Å²) in [7, 11) is 1.60. The number of carbonyl (C=O) groups excluding carboxylic acids is 1. The predicted molar refractivity (Wildman–Crippen MR) is 130 cm³/mol. The van der Waals surface area contributed by atoms with E-state index in [1.165, 1.54) is 23.1 Å². The number of hydrogen-bond donors (Lipinski definition) is 1. The van der Waals surface area contributed by atoms with Crippen LogP contribution in [0.25, 0.3) is 11.1 Å². The summed E-state index contributed by atoms with van der Waals surface area (Å²) in [5.41, 5.74) is 6.61. The van der Waals surface area contributed by atoms with Gasteiger partial charge in [-0.15, -0.1) is 0 Å². The Hall–Kier alpha value is -3.45. The normalized spacial score (nSPS) is 20.9. The molecule has 5 rings (SSSR count). The minimum Gasteiger partial charge on any atom is -0.487 e.